The molecule has 20 heavy (non-hydrogen) atoms. The van der Waals surface area contributed by atoms with Crippen molar-refractivity contribution in [3.8, 4) is 0 Å². The highest BCUT2D eigenvalue weighted by molar-refractivity contribution is 7.99. The molecule has 1 aromatic rings. The van der Waals surface area contributed by atoms with Crippen molar-refractivity contribution in [2.45, 2.75) is 30.2 Å². The number of hydrogen-bond donors (Lipinski definition) is 0. The molecular weight excluding hydrogens is 277 g/mol. The van der Waals surface area contributed by atoms with E-state index in [9.17, 15) is 9.18 Å². The lowest BCUT2D eigenvalue weighted by atomic mass is 10.0. The van der Waals surface area contributed by atoms with Crippen LogP contribution in [0.25, 0.3) is 0 Å². The van der Waals surface area contributed by atoms with Gasteiger partial charge in [-0.3, -0.25) is 9.69 Å². The van der Waals surface area contributed by atoms with Crippen molar-refractivity contribution < 1.29 is 13.9 Å². The van der Waals surface area contributed by atoms with E-state index in [2.05, 4.69) is 4.90 Å². The van der Waals surface area contributed by atoms with E-state index in [1.54, 1.807) is 23.9 Å². The predicted octanol–water partition coefficient (Wildman–Crippen LogP) is 2.95. The van der Waals surface area contributed by atoms with Gasteiger partial charge in [0.2, 0.25) is 0 Å². The van der Waals surface area contributed by atoms with Gasteiger partial charge in [0, 0.05) is 17.2 Å². The quantitative estimate of drug-likeness (QED) is 0.617. The van der Waals surface area contributed by atoms with Crippen LogP contribution in [0.3, 0.4) is 0 Å². The lowest BCUT2D eigenvalue weighted by Gasteiger charge is -2.33. The minimum atomic E-state index is -0.212. The highest BCUT2D eigenvalue weighted by Crippen LogP contribution is 2.21. The summed E-state index contributed by atoms with van der Waals surface area (Å²) in [6.07, 6.45) is 3.10. The lowest BCUT2D eigenvalue weighted by Crippen LogP contribution is -2.46. The molecule has 110 valence electrons. The molecule has 1 heterocycles. The van der Waals surface area contributed by atoms with Crippen molar-refractivity contribution in [3.05, 3.63) is 30.1 Å². The molecule has 0 bridgehead atoms. The van der Waals surface area contributed by atoms with Crippen LogP contribution in [0.2, 0.25) is 0 Å². The summed E-state index contributed by atoms with van der Waals surface area (Å²) in [6.45, 7) is 1.80. The van der Waals surface area contributed by atoms with Crippen molar-refractivity contribution in [1.29, 1.82) is 0 Å². The zero-order valence-corrected chi connectivity index (χ0v) is 12.5. The number of esters is 1. The lowest BCUT2D eigenvalue weighted by molar-refractivity contribution is -0.148. The third-order valence-electron chi connectivity index (χ3n) is 3.55. The minimum absolute atomic E-state index is 0.0948. The Labute approximate surface area is 123 Å². The number of rotatable bonds is 5. The van der Waals surface area contributed by atoms with E-state index in [1.807, 2.05) is 0 Å². The van der Waals surface area contributed by atoms with E-state index in [1.165, 1.54) is 19.2 Å². The van der Waals surface area contributed by atoms with Crippen molar-refractivity contribution >= 4 is 17.7 Å². The van der Waals surface area contributed by atoms with Crippen LogP contribution in [0, 0.1) is 5.82 Å². The summed E-state index contributed by atoms with van der Waals surface area (Å²) in [4.78, 5) is 15.0. The maximum atomic E-state index is 12.8. The molecule has 0 saturated carbocycles. The van der Waals surface area contributed by atoms with E-state index < -0.39 is 0 Å². The van der Waals surface area contributed by atoms with Gasteiger partial charge in [-0.1, -0.05) is 6.42 Å². The van der Waals surface area contributed by atoms with Crippen LogP contribution in [-0.4, -0.2) is 42.9 Å². The standard InChI is InChI=1S/C15H20FNO2S/c1-19-15(18)14-4-2-3-9-17(14)10-11-20-13-7-5-12(16)6-8-13/h5-8,14H,2-4,9-11H2,1H3. The Morgan fingerprint density at radius 3 is 2.85 bits per heavy atom. The molecule has 0 aromatic heterocycles. The van der Waals surface area contributed by atoms with Gasteiger partial charge in [0.15, 0.2) is 0 Å². The number of ether oxygens (including phenoxy) is 1. The van der Waals surface area contributed by atoms with Crippen molar-refractivity contribution in [1.82, 2.24) is 4.90 Å². The number of benzene rings is 1. The van der Waals surface area contributed by atoms with Crippen molar-refractivity contribution in [2.24, 2.45) is 0 Å². The summed E-state index contributed by atoms with van der Waals surface area (Å²) in [6, 6.07) is 6.42. The van der Waals surface area contributed by atoms with Crippen LogP contribution in [0.4, 0.5) is 4.39 Å². The van der Waals surface area contributed by atoms with Crippen LogP contribution < -0.4 is 0 Å². The molecule has 0 radical (unpaired) electrons. The Kier molecular flexibility index (Phi) is 5.86. The number of likely N-dealkylation sites (tertiary alicyclic amines) is 1. The SMILES string of the molecule is COC(=O)C1CCCCN1CCSc1ccc(F)cc1. The van der Waals surface area contributed by atoms with Crippen LogP contribution in [0.5, 0.6) is 0 Å². The fraction of sp³-hybridized carbons (Fsp3) is 0.533. The Bertz CT molecular complexity index is 438. The number of hydrogen-bond acceptors (Lipinski definition) is 4. The molecule has 0 amide bonds. The number of piperidine rings is 1. The molecule has 1 saturated heterocycles. The van der Waals surface area contributed by atoms with Crippen molar-refractivity contribution in [2.75, 3.05) is 26.0 Å². The van der Waals surface area contributed by atoms with E-state index >= 15 is 0 Å². The Morgan fingerprint density at radius 2 is 2.15 bits per heavy atom. The van der Waals surface area contributed by atoms with Gasteiger partial charge >= 0.3 is 5.97 Å². The number of methoxy groups -OCH3 is 1. The van der Waals surface area contributed by atoms with Crippen molar-refractivity contribution in [3.63, 3.8) is 0 Å². The Hall–Kier alpha value is -1.07. The highest BCUT2D eigenvalue weighted by atomic mass is 32.2. The van der Waals surface area contributed by atoms with Gasteiger partial charge < -0.3 is 4.74 Å². The zero-order valence-electron chi connectivity index (χ0n) is 11.7. The maximum Gasteiger partial charge on any atom is 0.323 e. The van der Waals surface area contributed by atoms with Gasteiger partial charge in [0.25, 0.3) is 0 Å². The predicted molar refractivity (Wildman–Crippen MR) is 78.4 cm³/mol. The number of thioether (sulfide) groups is 1. The first-order valence-electron chi connectivity index (χ1n) is 6.91. The maximum absolute atomic E-state index is 12.8. The first-order valence-corrected chi connectivity index (χ1v) is 7.89. The summed E-state index contributed by atoms with van der Waals surface area (Å²) in [5.41, 5.74) is 0. The summed E-state index contributed by atoms with van der Waals surface area (Å²) in [7, 11) is 1.45. The molecule has 3 nitrogen and oxygen atoms in total. The molecule has 0 N–H and O–H groups in total. The molecule has 1 aliphatic rings. The number of carbonyl (C=O) groups excluding carboxylic acids is 1. The van der Waals surface area contributed by atoms with Gasteiger partial charge in [0.1, 0.15) is 11.9 Å². The molecule has 0 aliphatic carbocycles. The van der Waals surface area contributed by atoms with Crippen LogP contribution in [0.1, 0.15) is 19.3 Å². The second-order valence-corrected chi connectivity index (χ2v) is 6.04. The second kappa shape index (κ2) is 7.64. The van der Waals surface area contributed by atoms with E-state index in [-0.39, 0.29) is 17.8 Å². The molecular formula is C15H20FNO2S. The van der Waals surface area contributed by atoms with Crippen LogP contribution in [-0.2, 0) is 9.53 Å². The van der Waals surface area contributed by atoms with Gasteiger partial charge in [-0.25, -0.2) is 4.39 Å². The summed E-state index contributed by atoms with van der Waals surface area (Å²) < 4.78 is 17.7. The van der Waals surface area contributed by atoms with E-state index in [0.29, 0.717) is 0 Å². The van der Waals surface area contributed by atoms with E-state index in [0.717, 1.165) is 43.0 Å². The number of nitrogens with zero attached hydrogens (tertiary/aromatic N) is 1. The molecule has 2 rings (SSSR count). The first kappa shape index (κ1) is 15.3. The fourth-order valence-electron chi connectivity index (χ4n) is 2.47. The first-order chi connectivity index (χ1) is 9.70. The van der Waals surface area contributed by atoms with Gasteiger partial charge in [0.05, 0.1) is 7.11 Å². The van der Waals surface area contributed by atoms with Gasteiger partial charge in [-0.05, 0) is 43.7 Å². The Morgan fingerprint density at radius 1 is 1.40 bits per heavy atom. The number of halogens is 1. The summed E-state index contributed by atoms with van der Waals surface area (Å²) in [5.74, 6) is 0.548. The zero-order chi connectivity index (χ0) is 14.4. The highest BCUT2D eigenvalue weighted by Gasteiger charge is 2.28. The topological polar surface area (TPSA) is 29.5 Å². The molecule has 1 unspecified atom stereocenters. The monoisotopic (exact) mass is 297 g/mol. The Balaban J connectivity index is 1.82. The molecule has 5 heteroatoms. The van der Waals surface area contributed by atoms with Crippen LogP contribution in [0.15, 0.2) is 29.2 Å². The smallest absolute Gasteiger partial charge is 0.323 e. The van der Waals surface area contributed by atoms with E-state index in [4.69, 9.17) is 4.74 Å². The molecule has 1 fully saturated rings. The molecule has 1 atom stereocenters. The third-order valence-corrected chi connectivity index (χ3v) is 4.54. The number of carbonyl (C=O) groups is 1. The largest absolute Gasteiger partial charge is 0.468 e. The average Bonchev–Trinajstić information content (AvgIpc) is 2.49. The summed E-state index contributed by atoms with van der Waals surface area (Å²) >= 11 is 1.68. The second-order valence-electron chi connectivity index (χ2n) is 4.87. The third kappa shape index (κ3) is 4.21. The average molecular weight is 297 g/mol. The summed E-state index contributed by atoms with van der Waals surface area (Å²) in [5, 5.41) is 0. The molecule has 0 spiro atoms. The molecule has 1 aromatic carbocycles. The minimum Gasteiger partial charge on any atom is -0.468 e. The normalized spacial score (nSPS) is 19.8. The van der Waals surface area contributed by atoms with Crippen LogP contribution >= 0.6 is 11.8 Å². The molecule has 1 aliphatic heterocycles. The van der Waals surface area contributed by atoms with Gasteiger partial charge in [-0.2, -0.15) is 0 Å². The fourth-order valence-corrected chi connectivity index (χ4v) is 3.36. The van der Waals surface area contributed by atoms with Gasteiger partial charge in [-0.15, -0.1) is 11.8 Å².